The number of rotatable bonds is 3. The number of aliphatic imine (C=N–C) groups is 1. The smallest absolute Gasteiger partial charge is 0.393 e. The zero-order valence-electron chi connectivity index (χ0n) is 19.3. The molecule has 3 rings (SSSR count). The van der Waals surface area contributed by atoms with Crippen molar-refractivity contribution in [3.8, 4) is 0 Å². The van der Waals surface area contributed by atoms with Crippen LogP contribution in [0.15, 0.2) is 4.99 Å². The van der Waals surface area contributed by atoms with Crippen LogP contribution in [-0.2, 0) is 4.79 Å². The lowest BCUT2D eigenvalue weighted by Crippen LogP contribution is -2.54. The molecule has 33 heavy (non-hydrogen) atoms. The Balaban J connectivity index is 1.70. The molecule has 1 saturated carbocycles. The molecule has 0 aromatic rings. The minimum Gasteiger partial charge on any atom is -0.393 e. The number of nitrogens with one attached hydrogen (secondary N) is 5. The molecular formula is C20H35F4N7O2. The number of carbonyl (C=O) groups is 1. The molecule has 1 aliphatic carbocycles. The van der Waals surface area contributed by atoms with E-state index in [0.717, 1.165) is 0 Å². The van der Waals surface area contributed by atoms with Crippen LogP contribution in [0.5, 0.6) is 0 Å². The van der Waals surface area contributed by atoms with Gasteiger partial charge in [-0.2, -0.15) is 13.2 Å². The number of aliphatic hydroxyl groups is 1. The summed E-state index contributed by atoms with van der Waals surface area (Å²) in [5.74, 6) is -2.47. The van der Waals surface area contributed by atoms with Crippen LogP contribution < -0.4 is 26.9 Å². The van der Waals surface area contributed by atoms with E-state index in [1.54, 1.807) is 0 Å². The first-order valence-electron chi connectivity index (χ1n) is 11.3. The Hall–Kier alpha value is -1.54. The second-order valence-electron chi connectivity index (χ2n) is 10.3. The fourth-order valence-corrected chi connectivity index (χ4v) is 4.62. The molecule has 2 aliphatic heterocycles. The molecule has 13 heteroatoms. The SMILES string of the molecule is CN1CC(C(=O)N/C(=N/C2CC(C3CC(O)CCC3F)NN2)NC(C)(C)C)C(C(F)(F)F)N1. The van der Waals surface area contributed by atoms with E-state index >= 15 is 0 Å². The van der Waals surface area contributed by atoms with Crippen LogP contribution in [0.2, 0.25) is 0 Å². The first-order valence-corrected chi connectivity index (χ1v) is 11.3. The molecule has 6 N–H and O–H groups in total. The number of amides is 1. The first kappa shape index (κ1) is 26.1. The van der Waals surface area contributed by atoms with Gasteiger partial charge in [0.1, 0.15) is 18.4 Å². The maximum atomic E-state index is 14.4. The predicted molar refractivity (Wildman–Crippen MR) is 114 cm³/mol. The second-order valence-corrected chi connectivity index (χ2v) is 10.3. The van der Waals surface area contributed by atoms with Crippen molar-refractivity contribution in [2.24, 2.45) is 16.8 Å². The molecule has 2 saturated heterocycles. The Bertz CT molecular complexity index is 730. The topological polar surface area (TPSA) is 113 Å². The average molecular weight is 482 g/mol. The number of alkyl halides is 4. The number of halogens is 4. The van der Waals surface area contributed by atoms with Gasteiger partial charge in [-0.15, -0.1) is 0 Å². The van der Waals surface area contributed by atoms with Crippen LogP contribution in [0.4, 0.5) is 17.6 Å². The maximum absolute atomic E-state index is 14.4. The van der Waals surface area contributed by atoms with Gasteiger partial charge in [0.25, 0.3) is 0 Å². The zero-order valence-corrected chi connectivity index (χ0v) is 19.3. The van der Waals surface area contributed by atoms with Crippen LogP contribution >= 0.6 is 0 Å². The third-order valence-electron chi connectivity index (χ3n) is 6.16. The Morgan fingerprint density at radius 2 is 1.85 bits per heavy atom. The van der Waals surface area contributed by atoms with Crippen molar-refractivity contribution in [2.75, 3.05) is 13.6 Å². The number of nitrogens with zero attached hydrogens (tertiary/aromatic N) is 2. The van der Waals surface area contributed by atoms with Crippen molar-refractivity contribution >= 4 is 11.9 Å². The van der Waals surface area contributed by atoms with Gasteiger partial charge in [-0.25, -0.2) is 25.2 Å². The molecular weight excluding hydrogens is 446 g/mol. The summed E-state index contributed by atoms with van der Waals surface area (Å²) in [5, 5.41) is 16.7. The standard InChI is InChI=1S/C20H35F4N7O2/c1-19(2,3)27-18(26-17(33)12-9-31(4)30-16(12)20(22,23)24)25-15-8-14(28-29-15)11-7-10(32)5-6-13(11)21/h10-16,28-30,32H,5-9H2,1-4H3,(H2,25,26,27,33). The van der Waals surface area contributed by atoms with E-state index in [9.17, 15) is 27.5 Å². The normalized spacial score (nSPS) is 36.8. The molecule has 3 aliphatic rings. The molecule has 0 spiro atoms. The molecule has 7 unspecified atom stereocenters. The van der Waals surface area contributed by atoms with Gasteiger partial charge in [-0.1, -0.05) is 0 Å². The zero-order chi connectivity index (χ0) is 24.6. The van der Waals surface area contributed by atoms with Crippen molar-refractivity contribution in [1.29, 1.82) is 0 Å². The Morgan fingerprint density at radius 1 is 1.15 bits per heavy atom. The fourth-order valence-electron chi connectivity index (χ4n) is 4.62. The lowest BCUT2D eigenvalue weighted by Gasteiger charge is -2.33. The highest BCUT2D eigenvalue weighted by atomic mass is 19.4. The van der Waals surface area contributed by atoms with Crippen molar-refractivity contribution in [3.63, 3.8) is 0 Å². The van der Waals surface area contributed by atoms with Crippen molar-refractivity contribution in [3.05, 3.63) is 0 Å². The number of hydrazine groups is 2. The van der Waals surface area contributed by atoms with Crippen molar-refractivity contribution in [1.82, 2.24) is 31.9 Å². The fraction of sp³-hybridized carbons (Fsp3) is 0.900. The van der Waals surface area contributed by atoms with Crippen LogP contribution in [0, 0.1) is 11.8 Å². The largest absolute Gasteiger partial charge is 0.405 e. The molecule has 9 nitrogen and oxygen atoms in total. The molecule has 0 bridgehead atoms. The summed E-state index contributed by atoms with van der Waals surface area (Å²) in [7, 11) is 1.45. The molecule has 2 heterocycles. The summed E-state index contributed by atoms with van der Waals surface area (Å²) in [5.41, 5.74) is 7.74. The van der Waals surface area contributed by atoms with Gasteiger partial charge in [-0.3, -0.25) is 15.5 Å². The summed E-state index contributed by atoms with van der Waals surface area (Å²) in [6.07, 6.45) is -5.20. The van der Waals surface area contributed by atoms with Gasteiger partial charge in [0.15, 0.2) is 5.96 Å². The Labute approximate surface area is 191 Å². The summed E-state index contributed by atoms with van der Waals surface area (Å²) in [6, 6.07) is -2.26. The molecule has 3 fully saturated rings. The van der Waals surface area contributed by atoms with Crippen molar-refractivity contribution in [2.45, 2.75) is 88.7 Å². The Kier molecular flexibility index (Phi) is 7.89. The van der Waals surface area contributed by atoms with E-state index in [4.69, 9.17) is 0 Å². The summed E-state index contributed by atoms with van der Waals surface area (Å²) in [4.78, 5) is 17.3. The van der Waals surface area contributed by atoms with Crippen LogP contribution in [0.25, 0.3) is 0 Å². The number of aliphatic hydroxyl groups excluding tert-OH is 1. The molecule has 190 valence electrons. The quantitative estimate of drug-likeness (QED) is 0.198. The number of guanidine groups is 1. The highest BCUT2D eigenvalue weighted by Gasteiger charge is 2.52. The first-order chi connectivity index (χ1) is 15.2. The van der Waals surface area contributed by atoms with Crippen LogP contribution in [0.1, 0.15) is 46.5 Å². The van der Waals surface area contributed by atoms with Gasteiger partial charge in [0.05, 0.1) is 12.0 Å². The van der Waals surface area contributed by atoms with E-state index in [2.05, 4.69) is 31.9 Å². The van der Waals surface area contributed by atoms with Crippen LogP contribution in [0.3, 0.4) is 0 Å². The summed E-state index contributed by atoms with van der Waals surface area (Å²) < 4.78 is 54.5. The van der Waals surface area contributed by atoms with E-state index in [1.807, 2.05) is 20.8 Å². The van der Waals surface area contributed by atoms with Crippen LogP contribution in [-0.4, -0.2) is 77.8 Å². The molecule has 0 aromatic heterocycles. The van der Waals surface area contributed by atoms with Gasteiger partial charge in [0.2, 0.25) is 5.91 Å². The van der Waals surface area contributed by atoms with E-state index in [-0.39, 0.29) is 24.5 Å². The third kappa shape index (κ3) is 6.98. The lowest BCUT2D eigenvalue weighted by molar-refractivity contribution is -0.168. The van der Waals surface area contributed by atoms with Gasteiger partial charge < -0.3 is 10.4 Å². The van der Waals surface area contributed by atoms with E-state index < -0.39 is 48.0 Å². The van der Waals surface area contributed by atoms with Gasteiger partial charge in [0, 0.05) is 37.5 Å². The van der Waals surface area contributed by atoms with E-state index in [1.165, 1.54) is 12.1 Å². The molecule has 7 atom stereocenters. The van der Waals surface area contributed by atoms with Gasteiger partial charge in [-0.05, 0) is 40.0 Å². The predicted octanol–water partition coefficient (Wildman–Crippen LogP) is 0.536. The minimum absolute atomic E-state index is 0.0448. The summed E-state index contributed by atoms with van der Waals surface area (Å²) in [6.45, 7) is 5.39. The monoisotopic (exact) mass is 481 g/mol. The molecule has 0 radical (unpaired) electrons. The summed E-state index contributed by atoms with van der Waals surface area (Å²) >= 11 is 0. The number of hydrogen-bond donors (Lipinski definition) is 6. The Morgan fingerprint density at radius 3 is 2.48 bits per heavy atom. The maximum Gasteiger partial charge on any atom is 0.405 e. The van der Waals surface area contributed by atoms with E-state index in [0.29, 0.717) is 25.7 Å². The highest BCUT2D eigenvalue weighted by Crippen LogP contribution is 2.33. The minimum atomic E-state index is -4.58. The molecule has 0 aromatic carbocycles. The highest BCUT2D eigenvalue weighted by molar-refractivity contribution is 5.98. The third-order valence-corrected chi connectivity index (χ3v) is 6.16. The second kappa shape index (κ2) is 9.98. The lowest BCUT2D eigenvalue weighted by atomic mass is 9.80. The average Bonchev–Trinajstić information content (AvgIpc) is 3.28. The number of hydrogen-bond acceptors (Lipinski definition) is 7. The van der Waals surface area contributed by atoms with Crippen molar-refractivity contribution < 1.29 is 27.5 Å². The van der Waals surface area contributed by atoms with Gasteiger partial charge >= 0.3 is 6.18 Å². The number of carbonyl (C=O) groups excluding carboxylic acids is 1. The molecule has 1 amide bonds.